The molecule has 0 radical (unpaired) electrons. The van der Waals surface area contributed by atoms with Crippen LogP contribution in [0.15, 0.2) is 22.6 Å². The third-order valence-electron chi connectivity index (χ3n) is 3.50. The predicted molar refractivity (Wildman–Crippen MR) is 71.2 cm³/mol. The molecule has 0 amide bonds. The molecule has 1 aromatic heterocycles. The van der Waals surface area contributed by atoms with Crippen molar-refractivity contribution in [2.75, 3.05) is 17.7 Å². The molecule has 0 aliphatic heterocycles. The highest BCUT2D eigenvalue weighted by Gasteiger charge is 2.25. The van der Waals surface area contributed by atoms with Crippen LogP contribution in [0.4, 0.5) is 11.7 Å². The first-order chi connectivity index (χ1) is 7.95. The van der Waals surface area contributed by atoms with E-state index in [2.05, 4.69) is 25.8 Å². The Labute approximate surface area is 101 Å². The molecule has 92 valence electrons. The largest absolute Gasteiger partial charge is 0.423 e. The van der Waals surface area contributed by atoms with Crippen molar-refractivity contribution in [1.29, 1.82) is 0 Å². The van der Waals surface area contributed by atoms with Gasteiger partial charge in [-0.1, -0.05) is 13.0 Å². The minimum atomic E-state index is 0.00956. The molecule has 0 saturated carbocycles. The number of hydrogen-bond donors (Lipinski definition) is 1. The van der Waals surface area contributed by atoms with E-state index in [0.29, 0.717) is 11.7 Å². The molecular formula is C13H19N3O. The van der Waals surface area contributed by atoms with Gasteiger partial charge in [-0.3, -0.25) is 0 Å². The number of anilines is 2. The highest BCUT2D eigenvalue weighted by atomic mass is 16.4. The van der Waals surface area contributed by atoms with E-state index in [9.17, 15) is 0 Å². The summed E-state index contributed by atoms with van der Waals surface area (Å²) in [6.07, 6.45) is 1.01. The van der Waals surface area contributed by atoms with Crippen molar-refractivity contribution in [3.63, 3.8) is 0 Å². The second-order valence-corrected chi connectivity index (χ2v) is 4.92. The van der Waals surface area contributed by atoms with Crippen molar-refractivity contribution in [3.8, 4) is 0 Å². The lowest BCUT2D eigenvalue weighted by molar-refractivity contribution is 0.432. The van der Waals surface area contributed by atoms with Gasteiger partial charge in [-0.15, -0.1) is 0 Å². The highest BCUT2D eigenvalue weighted by Crippen LogP contribution is 2.29. The van der Waals surface area contributed by atoms with E-state index in [1.165, 1.54) is 0 Å². The Morgan fingerprint density at radius 3 is 2.71 bits per heavy atom. The maximum Gasteiger partial charge on any atom is 0.298 e. The Kier molecular flexibility index (Phi) is 2.73. The lowest BCUT2D eigenvalue weighted by Crippen LogP contribution is -2.40. The topological polar surface area (TPSA) is 55.3 Å². The SMILES string of the molecule is CCC(C)(C)N(C)c1nc2c(N)cccc2o1. The van der Waals surface area contributed by atoms with Crippen LogP contribution >= 0.6 is 0 Å². The van der Waals surface area contributed by atoms with Gasteiger partial charge in [0.2, 0.25) is 0 Å². The van der Waals surface area contributed by atoms with Gasteiger partial charge in [0.05, 0.1) is 5.69 Å². The van der Waals surface area contributed by atoms with Crippen LogP contribution in [0.25, 0.3) is 11.1 Å². The minimum absolute atomic E-state index is 0.00956. The first-order valence-electron chi connectivity index (χ1n) is 5.84. The fraction of sp³-hybridized carbons (Fsp3) is 0.462. The first-order valence-corrected chi connectivity index (χ1v) is 5.84. The number of nitrogen functional groups attached to an aromatic ring is 1. The summed E-state index contributed by atoms with van der Waals surface area (Å²) in [7, 11) is 1.99. The molecule has 2 N–H and O–H groups in total. The number of nitrogens with two attached hydrogens (primary N) is 1. The minimum Gasteiger partial charge on any atom is -0.423 e. The number of para-hydroxylation sites is 1. The van der Waals surface area contributed by atoms with E-state index < -0.39 is 0 Å². The van der Waals surface area contributed by atoms with E-state index in [1.54, 1.807) is 0 Å². The van der Waals surface area contributed by atoms with Gasteiger partial charge in [-0.05, 0) is 32.4 Å². The summed E-state index contributed by atoms with van der Waals surface area (Å²) in [6, 6.07) is 6.20. The van der Waals surface area contributed by atoms with Gasteiger partial charge in [0.25, 0.3) is 6.01 Å². The van der Waals surface area contributed by atoms with Crippen LogP contribution in [0.2, 0.25) is 0 Å². The van der Waals surface area contributed by atoms with Crippen molar-refractivity contribution in [2.24, 2.45) is 0 Å². The molecule has 4 heteroatoms. The van der Waals surface area contributed by atoms with Gasteiger partial charge in [-0.25, -0.2) is 0 Å². The molecule has 0 saturated heterocycles. The second kappa shape index (κ2) is 3.95. The Hall–Kier alpha value is -1.71. The van der Waals surface area contributed by atoms with Crippen LogP contribution in [0.3, 0.4) is 0 Å². The van der Waals surface area contributed by atoms with Crippen LogP contribution in [-0.2, 0) is 0 Å². The summed E-state index contributed by atoms with van der Waals surface area (Å²) in [4.78, 5) is 6.51. The summed E-state index contributed by atoms with van der Waals surface area (Å²) < 4.78 is 5.73. The zero-order valence-electron chi connectivity index (χ0n) is 10.8. The molecule has 0 spiro atoms. The van der Waals surface area contributed by atoms with Crippen LogP contribution < -0.4 is 10.6 Å². The van der Waals surface area contributed by atoms with Gasteiger partial charge in [-0.2, -0.15) is 4.98 Å². The quantitative estimate of drug-likeness (QED) is 0.828. The number of fused-ring (bicyclic) bond motifs is 1. The summed E-state index contributed by atoms with van der Waals surface area (Å²) in [5, 5.41) is 0. The second-order valence-electron chi connectivity index (χ2n) is 4.92. The average molecular weight is 233 g/mol. The Bertz CT molecular complexity index is 530. The molecule has 2 aromatic rings. The van der Waals surface area contributed by atoms with Crippen molar-refractivity contribution in [1.82, 2.24) is 4.98 Å². The van der Waals surface area contributed by atoms with Gasteiger partial charge in [0.15, 0.2) is 5.58 Å². The number of rotatable bonds is 3. The fourth-order valence-corrected chi connectivity index (χ4v) is 1.60. The monoisotopic (exact) mass is 233 g/mol. The van der Waals surface area contributed by atoms with Gasteiger partial charge in [0.1, 0.15) is 5.52 Å². The van der Waals surface area contributed by atoms with E-state index in [0.717, 1.165) is 17.5 Å². The molecule has 0 atom stereocenters. The van der Waals surface area contributed by atoms with Crippen LogP contribution in [-0.4, -0.2) is 17.6 Å². The summed E-state index contributed by atoms with van der Waals surface area (Å²) >= 11 is 0. The zero-order chi connectivity index (χ0) is 12.6. The van der Waals surface area contributed by atoms with Crippen molar-refractivity contribution < 1.29 is 4.42 Å². The molecule has 1 aromatic carbocycles. The normalized spacial score (nSPS) is 12.0. The highest BCUT2D eigenvalue weighted by molar-refractivity contribution is 5.86. The van der Waals surface area contributed by atoms with Crippen molar-refractivity contribution >= 4 is 22.8 Å². The van der Waals surface area contributed by atoms with Gasteiger partial charge < -0.3 is 15.1 Å². The van der Waals surface area contributed by atoms with Crippen molar-refractivity contribution in [2.45, 2.75) is 32.7 Å². The molecule has 0 aliphatic carbocycles. The first kappa shape index (κ1) is 11.8. The lowest BCUT2D eigenvalue weighted by Gasteiger charge is -2.33. The van der Waals surface area contributed by atoms with E-state index in [4.69, 9.17) is 10.2 Å². The molecule has 2 rings (SSSR count). The zero-order valence-corrected chi connectivity index (χ0v) is 10.8. The van der Waals surface area contributed by atoms with Crippen molar-refractivity contribution in [3.05, 3.63) is 18.2 Å². The maximum absolute atomic E-state index is 5.87. The maximum atomic E-state index is 5.87. The number of benzene rings is 1. The number of nitrogens with zero attached hydrogens (tertiary/aromatic N) is 2. The van der Waals surface area contributed by atoms with Crippen LogP contribution in [0.1, 0.15) is 27.2 Å². The van der Waals surface area contributed by atoms with Crippen LogP contribution in [0.5, 0.6) is 0 Å². The Morgan fingerprint density at radius 1 is 1.41 bits per heavy atom. The standard InChI is InChI=1S/C13H19N3O/c1-5-13(2,3)16(4)12-15-11-9(14)7-6-8-10(11)17-12/h6-8H,5,14H2,1-4H3. The molecule has 0 unspecified atom stereocenters. The summed E-state index contributed by atoms with van der Waals surface area (Å²) in [6.45, 7) is 6.46. The average Bonchev–Trinajstić information content (AvgIpc) is 2.73. The van der Waals surface area contributed by atoms with E-state index in [1.807, 2.05) is 30.1 Å². The molecule has 0 aliphatic rings. The molecule has 0 bridgehead atoms. The van der Waals surface area contributed by atoms with E-state index >= 15 is 0 Å². The number of hydrogen-bond acceptors (Lipinski definition) is 4. The molecule has 1 heterocycles. The third-order valence-corrected chi connectivity index (χ3v) is 3.50. The van der Waals surface area contributed by atoms with Gasteiger partial charge >= 0.3 is 0 Å². The Balaban J connectivity index is 2.47. The van der Waals surface area contributed by atoms with Gasteiger partial charge in [0, 0.05) is 12.6 Å². The molecular weight excluding hydrogens is 214 g/mol. The smallest absolute Gasteiger partial charge is 0.298 e. The molecule has 0 fully saturated rings. The van der Waals surface area contributed by atoms with Crippen LogP contribution in [0, 0.1) is 0 Å². The lowest BCUT2D eigenvalue weighted by atomic mass is 10.0. The summed E-state index contributed by atoms with van der Waals surface area (Å²) in [5.41, 5.74) is 8.00. The number of aromatic nitrogens is 1. The molecule has 17 heavy (non-hydrogen) atoms. The number of oxazole rings is 1. The molecule has 4 nitrogen and oxygen atoms in total. The Morgan fingerprint density at radius 2 is 2.12 bits per heavy atom. The fourth-order valence-electron chi connectivity index (χ4n) is 1.60. The van der Waals surface area contributed by atoms with E-state index in [-0.39, 0.29) is 5.54 Å². The summed E-state index contributed by atoms with van der Waals surface area (Å²) in [5.74, 6) is 0. The predicted octanol–water partition coefficient (Wildman–Crippen LogP) is 3.03. The third kappa shape index (κ3) is 1.95.